The lowest BCUT2D eigenvalue weighted by atomic mass is 9.78. The molecule has 2 N–H and O–H groups in total. The Hall–Kier alpha value is -1.26. The summed E-state index contributed by atoms with van der Waals surface area (Å²) in [5, 5.41) is 12.7. The van der Waals surface area contributed by atoms with Crippen LogP contribution in [0.1, 0.15) is 45.6 Å². The van der Waals surface area contributed by atoms with Gasteiger partial charge in [0.1, 0.15) is 15.8 Å². The average molecular weight is 347 g/mol. The average Bonchev–Trinajstić information content (AvgIpc) is 2.46. The number of hydrogen-bond donors (Lipinski definition) is 2. The van der Waals surface area contributed by atoms with E-state index in [2.05, 4.69) is 16.1 Å². The minimum atomic E-state index is -1.16. The molecule has 1 saturated heterocycles. The highest BCUT2D eigenvalue weighted by molar-refractivity contribution is 7.90. The summed E-state index contributed by atoms with van der Waals surface area (Å²) < 4.78 is 20.8. The highest BCUT2D eigenvalue weighted by Gasteiger charge is 2.46. The third kappa shape index (κ3) is 3.27. The van der Waals surface area contributed by atoms with Crippen molar-refractivity contribution in [1.82, 2.24) is 4.72 Å². The van der Waals surface area contributed by atoms with Gasteiger partial charge in [-0.15, -0.1) is 4.72 Å². The van der Waals surface area contributed by atoms with Gasteiger partial charge in [-0.05, 0) is 57.7 Å². The van der Waals surface area contributed by atoms with E-state index in [1.807, 2.05) is 45.0 Å². The van der Waals surface area contributed by atoms with Crippen LogP contribution in [-0.2, 0) is 21.6 Å². The Balaban J connectivity index is 1.73. The van der Waals surface area contributed by atoms with Gasteiger partial charge in [-0.1, -0.05) is 12.1 Å². The lowest BCUT2D eigenvalue weighted by molar-refractivity contribution is -0.0666. The van der Waals surface area contributed by atoms with Crippen LogP contribution in [-0.4, -0.2) is 28.1 Å². The van der Waals surface area contributed by atoms with Crippen molar-refractivity contribution >= 4 is 17.0 Å². The second-order valence-electron chi connectivity index (χ2n) is 7.81. The molecule has 1 unspecified atom stereocenters. The Morgan fingerprint density at radius 3 is 2.21 bits per heavy atom. The Kier molecular flexibility index (Phi) is 4.56. The van der Waals surface area contributed by atoms with Gasteiger partial charge in [0.25, 0.3) is 0 Å². The van der Waals surface area contributed by atoms with Gasteiger partial charge in [0.15, 0.2) is 0 Å². The second kappa shape index (κ2) is 6.23. The molecule has 24 heavy (non-hydrogen) atoms. The largest absolute Gasteiger partial charge is 0.598 e. The van der Waals surface area contributed by atoms with Crippen molar-refractivity contribution < 1.29 is 9.29 Å². The van der Waals surface area contributed by atoms with Gasteiger partial charge in [-0.2, -0.15) is 5.26 Å². The van der Waals surface area contributed by atoms with Crippen LogP contribution in [0.25, 0.3) is 0 Å². The summed E-state index contributed by atoms with van der Waals surface area (Å²) in [5.41, 5.74) is 1.23. The van der Waals surface area contributed by atoms with Crippen molar-refractivity contribution in [3.63, 3.8) is 0 Å². The number of nitrogens with zero attached hydrogens (tertiary/aromatic N) is 1. The smallest absolute Gasteiger partial charge is 0.136 e. The van der Waals surface area contributed by atoms with Crippen LogP contribution in [0, 0.1) is 11.3 Å². The Morgan fingerprint density at radius 1 is 1.21 bits per heavy atom. The predicted octanol–water partition coefficient (Wildman–Crippen LogP) is 2.82. The van der Waals surface area contributed by atoms with Crippen molar-refractivity contribution in [2.24, 2.45) is 0 Å². The third-order valence-corrected chi connectivity index (χ3v) is 6.47. The van der Waals surface area contributed by atoms with Gasteiger partial charge in [0.05, 0.1) is 19.3 Å². The molecule has 130 valence electrons. The van der Waals surface area contributed by atoms with Gasteiger partial charge in [-0.3, -0.25) is 0 Å². The topological polar surface area (TPSA) is 80.1 Å². The molecule has 1 aliphatic heterocycles. The quantitative estimate of drug-likeness (QED) is 0.801. The van der Waals surface area contributed by atoms with E-state index in [0.29, 0.717) is 13.2 Å². The maximum absolute atomic E-state index is 12.5. The number of hydrogen-bond acceptors (Lipinski definition) is 5. The van der Waals surface area contributed by atoms with Crippen molar-refractivity contribution in [3.8, 4) is 6.07 Å². The summed E-state index contributed by atoms with van der Waals surface area (Å²) in [7, 11) is 0. The molecule has 2 aliphatic rings. The van der Waals surface area contributed by atoms with Crippen molar-refractivity contribution in [2.45, 2.75) is 55.9 Å². The van der Waals surface area contributed by atoms with Crippen LogP contribution < -0.4 is 10.0 Å². The molecule has 6 heteroatoms. The van der Waals surface area contributed by atoms with Crippen LogP contribution >= 0.6 is 0 Å². The van der Waals surface area contributed by atoms with Gasteiger partial charge < -0.3 is 14.6 Å². The van der Waals surface area contributed by atoms with E-state index >= 15 is 0 Å². The van der Waals surface area contributed by atoms with Gasteiger partial charge >= 0.3 is 0 Å². The van der Waals surface area contributed by atoms with E-state index in [4.69, 9.17) is 4.74 Å². The SMILES string of the molecule is CC(C)(C)[S+]([O-])NC1(c2ccc(NC3(C#N)CCC3)cc2)COC1. The molecule has 1 aliphatic carbocycles. The Morgan fingerprint density at radius 2 is 1.83 bits per heavy atom. The first kappa shape index (κ1) is 17.6. The van der Waals surface area contributed by atoms with Crippen molar-refractivity contribution in [1.29, 1.82) is 5.26 Å². The lowest BCUT2D eigenvalue weighted by Gasteiger charge is -2.43. The number of benzene rings is 1. The number of ether oxygens (including phenoxy) is 1. The number of nitrogens with one attached hydrogen (secondary N) is 2. The predicted molar refractivity (Wildman–Crippen MR) is 95.8 cm³/mol. The zero-order valence-corrected chi connectivity index (χ0v) is 15.3. The molecule has 1 heterocycles. The lowest BCUT2D eigenvalue weighted by Crippen LogP contribution is -2.61. The van der Waals surface area contributed by atoms with Crippen molar-refractivity contribution in [3.05, 3.63) is 29.8 Å². The summed E-state index contributed by atoms with van der Waals surface area (Å²) in [6.45, 7) is 6.90. The fourth-order valence-electron chi connectivity index (χ4n) is 2.87. The molecular weight excluding hydrogens is 322 g/mol. The first-order chi connectivity index (χ1) is 11.3. The van der Waals surface area contributed by atoms with Crippen LogP contribution in [0.4, 0.5) is 5.69 Å². The number of nitriles is 1. The molecule has 0 spiro atoms. The molecular formula is C18H25N3O2S. The molecule has 2 fully saturated rings. The first-order valence-electron chi connectivity index (χ1n) is 8.36. The number of anilines is 1. The normalized spacial score (nSPS) is 22.6. The zero-order chi connectivity index (χ0) is 17.4. The Bertz CT molecular complexity index is 625. The van der Waals surface area contributed by atoms with E-state index in [1.165, 1.54) is 0 Å². The van der Waals surface area contributed by atoms with Crippen LogP contribution in [0.2, 0.25) is 0 Å². The van der Waals surface area contributed by atoms with Crippen LogP contribution in [0.15, 0.2) is 24.3 Å². The van der Waals surface area contributed by atoms with Gasteiger partial charge in [0.2, 0.25) is 0 Å². The minimum Gasteiger partial charge on any atom is -0.598 e. The maximum atomic E-state index is 12.5. The first-order valence-corrected chi connectivity index (χ1v) is 9.51. The van der Waals surface area contributed by atoms with Crippen LogP contribution in [0.3, 0.4) is 0 Å². The molecule has 1 aromatic rings. The zero-order valence-electron chi connectivity index (χ0n) is 14.5. The third-order valence-electron chi connectivity index (χ3n) is 4.78. The number of rotatable bonds is 5. The molecule has 1 atom stereocenters. The molecule has 0 bridgehead atoms. The summed E-state index contributed by atoms with van der Waals surface area (Å²) in [4.78, 5) is 0. The molecule has 5 nitrogen and oxygen atoms in total. The fourth-order valence-corrected chi connectivity index (χ4v) is 3.76. The summed E-state index contributed by atoms with van der Waals surface area (Å²) in [5.74, 6) is 0. The molecule has 0 aromatic heterocycles. The van der Waals surface area contributed by atoms with Crippen LogP contribution in [0.5, 0.6) is 0 Å². The van der Waals surface area contributed by atoms with E-state index in [-0.39, 0.29) is 10.3 Å². The van der Waals surface area contributed by atoms with E-state index in [0.717, 1.165) is 30.5 Å². The second-order valence-corrected chi connectivity index (χ2v) is 9.77. The highest BCUT2D eigenvalue weighted by atomic mass is 32.2. The van der Waals surface area contributed by atoms with Crippen molar-refractivity contribution in [2.75, 3.05) is 18.5 Å². The molecule has 1 aromatic carbocycles. The van der Waals surface area contributed by atoms with Gasteiger partial charge in [0, 0.05) is 17.0 Å². The standard InChI is InChI=1S/C18H25N3O2S/c1-16(2,3)24(22)21-18(12-23-13-18)14-5-7-15(8-6-14)20-17(11-19)9-4-10-17/h5-8,20-21H,4,9-10,12-13H2,1-3H3. The minimum absolute atomic E-state index is 0.326. The highest BCUT2D eigenvalue weighted by Crippen LogP contribution is 2.36. The molecule has 0 amide bonds. The molecule has 0 radical (unpaired) electrons. The molecule has 1 saturated carbocycles. The van der Waals surface area contributed by atoms with E-state index in [9.17, 15) is 9.81 Å². The fraction of sp³-hybridized carbons (Fsp3) is 0.611. The maximum Gasteiger partial charge on any atom is 0.136 e. The summed E-state index contributed by atoms with van der Waals surface area (Å²) in [6.07, 6.45) is 2.89. The molecule has 3 rings (SSSR count). The van der Waals surface area contributed by atoms with E-state index in [1.54, 1.807) is 0 Å². The van der Waals surface area contributed by atoms with E-state index < -0.39 is 16.9 Å². The Labute approximate surface area is 147 Å². The van der Waals surface area contributed by atoms with Gasteiger partial charge in [-0.25, -0.2) is 0 Å². The summed E-state index contributed by atoms with van der Waals surface area (Å²) >= 11 is -1.16. The monoisotopic (exact) mass is 347 g/mol. The summed E-state index contributed by atoms with van der Waals surface area (Å²) in [6, 6.07) is 10.4.